The third-order valence-corrected chi connectivity index (χ3v) is 9.27. The number of hydrogen-bond acceptors (Lipinski definition) is 5. The van der Waals surface area contributed by atoms with E-state index in [2.05, 4.69) is 20.8 Å². The SMILES string of the molecule is CCCCCCCCCCCCCCCCCCCC(=O)OC[C@H](O)COC(=O)CCCCCCCCCCCCCCC(C)C. The molecule has 0 saturated carbocycles. The van der Waals surface area contributed by atoms with Gasteiger partial charge in [0.1, 0.15) is 19.3 Å². The Morgan fingerprint density at radius 2 is 0.696 bits per heavy atom. The molecule has 0 aliphatic rings. The van der Waals surface area contributed by atoms with Crippen LogP contribution >= 0.6 is 0 Å². The van der Waals surface area contributed by atoms with Crippen LogP contribution in [0.15, 0.2) is 0 Å². The summed E-state index contributed by atoms with van der Waals surface area (Å²) in [5, 5.41) is 10.0. The summed E-state index contributed by atoms with van der Waals surface area (Å²) in [7, 11) is 0. The van der Waals surface area contributed by atoms with E-state index >= 15 is 0 Å². The third-order valence-electron chi connectivity index (χ3n) is 9.27. The summed E-state index contributed by atoms with van der Waals surface area (Å²) in [5.41, 5.74) is 0. The van der Waals surface area contributed by atoms with Crippen molar-refractivity contribution in [1.82, 2.24) is 0 Å². The van der Waals surface area contributed by atoms with Crippen LogP contribution in [0.4, 0.5) is 0 Å². The highest BCUT2D eigenvalue weighted by molar-refractivity contribution is 5.69. The summed E-state index contributed by atoms with van der Waals surface area (Å²) in [6, 6.07) is 0. The number of unbranched alkanes of at least 4 members (excludes halogenated alkanes) is 27. The number of carbonyl (C=O) groups is 2. The van der Waals surface area contributed by atoms with Crippen molar-refractivity contribution in [3.8, 4) is 0 Å². The van der Waals surface area contributed by atoms with E-state index in [-0.39, 0.29) is 25.2 Å². The van der Waals surface area contributed by atoms with E-state index in [9.17, 15) is 14.7 Å². The molecule has 0 unspecified atom stereocenters. The Hall–Kier alpha value is -1.10. The first-order valence-electron chi connectivity index (χ1n) is 20.4. The van der Waals surface area contributed by atoms with E-state index in [0.29, 0.717) is 12.8 Å². The second-order valence-corrected chi connectivity index (χ2v) is 14.6. The maximum atomic E-state index is 12.0. The highest BCUT2D eigenvalue weighted by atomic mass is 16.6. The molecule has 1 atom stereocenters. The molecule has 0 aromatic rings. The van der Waals surface area contributed by atoms with Gasteiger partial charge < -0.3 is 14.6 Å². The summed E-state index contributed by atoms with van der Waals surface area (Å²) in [6.07, 6.45) is 38.7. The van der Waals surface area contributed by atoms with Gasteiger partial charge in [-0.3, -0.25) is 9.59 Å². The number of aliphatic hydroxyl groups is 1. The first-order valence-corrected chi connectivity index (χ1v) is 20.4. The molecule has 274 valence electrons. The molecule has 0 aliphatic carbocycles. The van der Waals surface area contributed by atoms with Gasteiger partial charge in [0.15, 0.2) is 0 Å². The number of hydrogen-bond donors (Lipinski definition) is 1. The van der Waals surface area contributed by atoms with Crippen molar-refractivity contribution in [2.75, 3.05) is 13.2 Å². The fraction of sp³-hybridized carbons (Fsp3) is 0.951. The molecule has 0 aromatic carbocycles. The molecule has 0 aromatic heterocycles. The summed E-state index contributed by atoms with van der Waals surface area (Å²) in [4.78, 5) is 23.9. The Bertz CT molecular complexity index is 634. The highest BCUT2D eigenvalue weighted by Crippen LogP contribution is 2.16. The van der Waals surface area contributed by atoms with E-state index in [4.69, 9.17) is 9.47 Å². The Morgan fingerprint density at radius 1 is 0.435 bits per heavy atom. The molecule has 0 rings (SSSR count). The van der Waals surface area contributed by atoms with Gasteiger partial charge in [-0.15, -0.1) is 0 Å². The van der Waals surface area contributed by atoms with Crippen molar-refractivity contribution in [3.05, 3.63) is 0 Å². The topological polar surface area (TPSA) is 72.8 Å². The van der Waals surface area contributed by atoms with Crippen molar-refractivity contribution < 1.29 is 24.2 Å². The molecule has 0 amide bonds. The molecule has 0 spiro atoms. The summed E-state index contributed by atoms with van der Waals surface area (Å²) < 4.78 is 10.3. The molecule has 0 saturated heterocycles. The summed E-state index contributed by atoms with van der Waals surface area (Å²) in [6.45, 7) is 6.68. The summed E-state index contributed by atoms with van der Waals surface area (Å²) >= 11 is 0. The largest absolute Gasteiger partial charge is 0.463 e. The lowest BCUT2D eigenvalue weighted by Gasteiger charge is -2.12. The van der Waals surface area contributed by atoms with Crippen molar-refractivity contribution in [2.45, 2.75) is 232 Å². The minimum absolute atomic E-state index is 0.108. The van der Waals surface area contributed by atoms with Crippen molar-refractivity contribution >= 4 is 11.9 Å². The Balaban J connectivity index is 3.37. The van der Waals surface area contributed by atoms with E-state index in [1.165, 1.54) is 167 Å². The lowest BCUT2D eigenvalue weighted by atomic mass is 10.0. The van der Waals surface area contributed by atoms with Crippen LogP contribution in [0, 0.1) is 5.92 Å². The quantitative estimate of drug-likeness (QED) is 0.0534. The third kappa shape index (κ3) is 37.4. The Morgan fingerprint density at radius 3 is 0.978 bits per heavy atom. The molecule has 0 radical (unpaired) electrons. The van der Waals surface area contributed by atoms with Crippen LogP contribution in [-0.2, 0) is 19.1 Å². The molecule has 46 heavy (non-hydrogen) atoms. The normalized spacial score (nSPS) is 12.1. The minimum Gasteiger partial charge on any atom is -0.463 e. The lowest BCUT2D eigenvalue weighted by molar-refractivity contribution is -0.152. The minimum atomic E-state index is -0.955. The number of carbonyl (C=O) groups excluding carboxylic acids is 2. The maximum Gasteiger partial charge on any atom is 0.305 e. The van der Waals surface area contributed by atoms with Gasteiger partial charge in [0.2, 0.25) is 0 Å². The fourth-order valence-electron chi connectivity index (χ4n) is 6.15. The number of aliphatic hydroxyl groups excluding tert-OH is 1. The highest BCUT2D eigenvalue weighted by Gasteiger charge is 2.12. The van der Waals surface area contributed by atoms with Crippen molar-refractivity contribution in [3.63, 3.8) is 0 Å². The molecule has 0 bridgehead atoms. The standard InChI is InChI=1S/C41H80O5/c1-4-5-6-7-8-9-10-11-12-13-14-15-19-22-25-28-31-34-40(43)45-36-39(42)37-46-41(44)35-32-29-26-23-20-17-16-18-21-24-27-30-33-38(2)3/h38-39,42H,4-37H2,1-3H3/t39-/m0/s1. The van der Waals surface area contributed by atoms with Crippen LogP contribution in [0.1, 0.15) is 226 Å². The molecule has 5 nitrogen and oxygen atoms in total. The fourth-order valence-corrected chi connectivity index (χ4v) is 6.15. The van der Waals surface area contributed by atoms with Gasteiger partial charge in [0, 0.05) is 12.8 Å². The van der Waals surface area contributed by atoms with Gasteiger partial charge in [-0.25, -0.2) is 0 Å². The smallest absolute Gasteiger partial charge is 0.305 e. The second-order valence-electron chi connectivity index (χ2n) is 14.6. The van der Waals surface area contributed by atoms with Crippen LogP contribution < -0.4 is 0 Å². The first kappa shape index (κ1) is 44.9. The maximum absolute atomic E-state index is 12.0. The van der Waals surface area contributed by atoms with Gasteiger partial charge in [-0.1, -0.05) is 201 Å². The van der Waals surface area contributed by atoms with Crippen LogP contribution in [0.25, 0.3) is 0 Å². The number of esters is 2. The van der Waals surface area contributed by atoms with Crippen LogP contribution in [-0.4, -0.2) is 36.4 Å². The Labute approximate surface area is 287 Å². The lowest BCUT2D eigenvalue weighted by Crippen LogP contribution is -2.25. The molecular weight excluding hydrogens is 572 g/mol. The average molecular weight is 653 g/mol. The molecule has 0 heterocycles. The Kier molecular flexibility index (Phi) is 35.9. The summed E-state index contributed by atoms with van der Waals surface area (Å²) in [5.74, 6) is 0.292. The molecular formula is C41H80O5. The molecule has 5 heteroatoms. The van der Waals surface area contributed by atoms with Crippen LogP contribution in [0.3, 0.4) is 0 Å². The van der Waals surface area contributed by atoms with E-state index < -0.39 is 6.10 Å². The van der Waals surface area contributed by atoms with Gasteiger partial charge in [0.05, 0.1) is 0 Å². The second kappa shape index (κ2) is 36.7. The predicted octanol–water partition coefficient (Wildman–Crippen LogP) is 12.6. The van der Waals surface area contributed by atoms with Gasteiger partial charge in [-0.2, -0.15) is 0 Å². The average Bonchev–Trinajstić information content (AvgIpc) is 3.04. The predicted molar refractivity (Wildman–Crippen MR) is 196 cm³/mol. The number of rotatable bonds is 37. The van der Waals surface area contributed by atoms with E-state index in [1.54, 1.807) is 0 Å². The molecule has 1 N–H and O–H groups in total. The van der Waals surface area contributed by atoms with Crippen LogP contribution in [0.5, 0.6) is 0 Å². The monoisotopic (exact) mass is 653 g/mol. The van der Waals surface area contributed by atoms with E-state index in [0.717, 1.165) is 31.6 Å². The van der Waals surface area contributed by atoms with Gasteiger partial charge in [-0.05, 0) is 18.8 Å². The zero-order valence-electron chi connectivity index (χ0n) is 31.3. The van der Waals surface area contributed by atoms with Crippen LogP contribution in [0.2, 0.25) is 0 Å². The zero-order valence-corrected chi connectivity index (χ0v) is 31.3. The molecule has 0 aliphatic heterocycles. The molecule has 0 fully saturated rings. The van der Waals surface area contributed by atoms with Crippen molar-refractivity contribution in [1.29, 1.82) is 0 Å². The van der Waals surface area contributed by atoms with E-state index in [1.807, 2.05) is 0 Å². The first-order chi connectivity index (χ1) is 22.5. The zero-order chi connectivity index (χ0) is 33.8. The van der Waals surface area contributed by atoms with Gasteiger partial charge in [0.25, 0.3) is 0 Å². The number of ether oxygens (including phenoxy) is 2. The van der Waals surface area contributed by atoms with Gasteiger partial charge >= 0.3 is 11.9 Å². The van der Waals surface area contributed by atoms with Crippen molar-refractivity contribution in [2.24, 2.45) is 5.92 Å².